The van der Waals surface area contributed by atoms with Gasteiger partial charge < -0.3 is 19.0 Å². The summed E-state index contributed by atoms with van der Waals surface area (Å²) in [5.74, 6) is 0. The number of nitrogens with two attached hydrogens (primary N) is 1. The van der Waals surface area contributed by atoms with E-state index in [0.717, 1.165) is 19.0 Å². The minimum Gasteiger partial charge on any atom is -0.377 e. The number of unbranched alkanes of at least 4 members (excludes halogenated alkanes) is 9. The van der Waals surface area contributed by atoms with Crippen LogP contribution in [0.4, 0.5) is 0 Å². The van der Waals surface area contributed by atoms with Crippen LogP contribution in [0.1, 0.15) is 64.2 Å². The van der Waals surface area contributed by atoms with Crippen LogP contribution in [0.25, 0.3) is 0 Å². The fourth-order valence-electron chi connectivity index (χ4n) is 2.46. The molecule has 0 bridgehead atoms. The standard InChI is InChI=1S/C15H35NO3Si/c1-17-20(18-2,19-3)15-13-11-9-7-5-4-6-8-10-12-14-16/h4-16H2,1-3H3. The summed E-state index contributed by atoms with van der Waals surface area (Å²) in [7, 11) is 2.73. The summed E-state index contributed by atoms with van der Waals surface area (Å²) in [6, 6.07) is 0.926. The summed E-state index contributed by atoms with van der Waals surface area (Å²) in [6.07, 6.45) is 13.0. The highest BCUT2D eigenvalue weighted by Gasteiger charge is 2.36. The van der Waals surface area contributed by atoms with E-state index < -0.39 is 8.80 Å². The maximum Gasteiger partial charge on any atom is 0.500 e. The van der Waals surface area contributed by atoms with E-state index in [4.69, 9.17) is 19.0 Å². The molecule has 0 aromatic rings. The third-order valence-electron chi connectivity index (χ3n) is 3.87. The van der Waals surface area contributed by atoms with Gasteiger partial charge in [0.1, 0.15) is 0 Å². The zero-order valence-corrected chi connectivity index (χ0v) is 14.8. The second-order valence-electron chi connectivity index (χ2n) is 5.37. The molecule has 0 aromatic heterocycles. The average Bonchev–Trinajstić information content (AvgIpc) is 2.49. The van der Waals surface area contributed by atoms with Crippen LogP contribution in [0.5, 0.6) is 0 Å². The normalized spacial score (nSPS) is 12.0. The Morgan fingerprint density at radius 2 is 0.950 bits per heavy atom. The van der Waals surface area contributed by atoms with E-state index in [1.54, 1.807) is 21.3 Å². The van der Waals surface area contributed by atoms with Gasteiger partial charge in [0.15, 0.2) is 0 Å². The molecule has 2 N–H and O–H groups in total. The lowest BCUT2D eigenvalue weighted by atomic mass is 10.1. The summed E-state index contributed by atoms with van der Waals surface area (Å²) >= 11 is 0. The molecule has 0 spiro atoms. The Bertz CT molecular complexity index is 193. The molecular weight excluding hydrogens is 270 g/mol. The summed E-state index contributed by atoms with van der Waals surface area (Å²) in [5.41, 5.74) is 5.47. The van der Waals surface area contributed by atoms with Gasteiger partial charge in [-0.05, 0) is 19.4 Å². The molecule has 0 unspecified atom stereocenters. The molecule has 0 amide bonds. The highest BCUT2D eigenvalue weighted by atomic mass is 28.4. The van der Waals surface area contributed by atoms with Crippen LogP contribution >= 0.6 is 0 Å². The fourth-order valence-corrected chi connectivity index (χ4v) is 4.25. The van der Waals surface area contributed by atoms with Crippen molar-refractivity contribution in [2.24, 2.45) is 5.73 Å². The van der Waals surface area contributed by atoms with Gasteiger partial charge in [-0.1, -0.05) is 51.4 Å². The predicted octanol–water partition coefficient (Wildman–Crippen LogP) is 3.72. The quantitative estimate of drug-likeness (QED) is 0.370. The van der Waals surface area contributed by atoms with Crippen molar-refractivity contribution < 1.29 is 13.3 Å². The second-order valence-corrected chi connectivity index (χ2v) is 8.46. The van der Waals surface area contributed by atoms with E-state index in [2.05, 4.69) is 0 Å². The SMILES string of the molecule is CO[Si](CCCCCCCCCCCCN)(OC)OC. The van der Waals surface area contributed by atoms with Gasteiger partial charge in [0.25, 0.3) is 0 Å². The van der Waals surface area contributed by atoms with Gasteiger partial charge in [0.05, 0.1) is 0 Å². The van der Waals surface area contributed by atoms with Crippen LogP contribution in [0, 0.1) is 0 Å². The molecule has 0 aliphatic heterocycles. The minimum atomic E-state index is -2.32. The van der Waals surface area contributed by atoms with Crippen LogP contribution in [0.15, 0.2) is 0 Å². The van der Waals surface area contributed by atoms with Gasteiger partial charge >= 0.3 is 8.80 Å². The zero-order chi connectivity index (χ0) is 15.1. The lowest BCUT2D eigenvalue weighted by Crippen LogP contribution is -2.42. The highest BCUT2D eigenvalue weighted by molar-refractivity contribution is 6.60. The van der Waals surface area contributed by atoms with E-state index in [0.29, 0.717) is 0 Å². The van der Waals surface area contributed by atoms with Gasteiger partial charge in [0, 0.05) is 27.4 Å². The summed E-state index contributed by atoms with van der Waals surface area (Å²) in [5, 5.41) is 0. The molecular formula is C15H35NO3Si. The molecule has 0 aromatic carbocycles. The summed E-state index contributed by atoms with van der Waals surface area (Å²) < 4.78 is 16.2. The Balaban J connectivity index is 3.32. The smallest absolute Gasteiger partial charge is 0.377 e. The first-order valence-corrected chi connectivity index (χ1v) is 10.0. The van der Waals surface area contributed by atoms with Gasteiger partial charge in [-0.2, -0.15) is 0 Å². The van der Waals surface area contributed by atoms with Gasteiger partial charge in [-0.25, -0.2) is 0 Å². The number of hydrogen-bond acceptors (Lipinski definition) is 4. The monoisotopic (exact) mass is 305 g/mol. The second kappa shape index (κ2) is 14.0. The van der Waals surface area contributed by atoms with Crippen LogP contribution in [-0.2, 0) is 13.3 Å². The van der Waals surface area contributed by atoms with Gasteiger partial charge in [-0.15, -0.1) is 0 Å². The number of hydrogen-bond donors (Lipinski definition) is 1. The van der Waals surface area contributed by atoms with Crippen molar-refractivity contribution in [2.45, 2.75) is 70.3 Å². The molecule has 122 valence electrons. The van der Waals surface area contributed by atoms with Gasteiger partial charge in [-0.3, -0.25) is 0 Å². The summed E-state index contributed by atoms with van der Waals surface area (Å²) in [4.78, 5) is 0. The van der Waals surface area contributed by atoms with E-state index in [-0.39, 0.29) is 0 Å². The van der Waals surface area contributed by atoms with Crippen molar-refractivity contribution in [1.29, 1.82) is 0 Å². The Morgan fingerprint density at radius 1 is 0.600 bits per heavy atom. The molecule has 0 radical (unpaired) electrons. The Morgan fingerprint density at radius 3 is 1.30 bits per heavy atom. The molecule has 0 atom stereocenters. The molecule has 0 saturated carbocycles. The van der Waals surface area contributed by atoms with E-state index in [9.17, 15) is 0 Å². The third-order valence-corrected chi connectivity index (χ3v) is 6.70. The predicted molar refractivity (Wildman–Crippen MR) is 86.8 cm³/mol. The minimum absolute atomic E-state index is 0.842. The van der Waals surface area contributed by atoms with Crippen molar-refractivity contribution in [3.63, 3.8) is 0 Å². The van der Waals surface area contributed by atoms with Crippen molar-refractivity contribution in [1.82, 2.24) is 0 Å². The van der Waals surface area contributed by atoms with E-state index in [1.165, 1.54) is 57.8 Å². The van der Waals surface area contributed by atoms with E-state index >= 15 is 0 Å². The van der Waals surface area contributed by atoms with Crippen LogP contribution in [0.3, 0.4) is 0 Å². The van der Waals surface area contributed by atoms with Crippen molar-refractivity contribution >= 4 is 8.80 Å². The van der Waals surface area contributed by atoms with Crippen molar-refractivity contribution in [3.05, 3.63) is 0 Å². The molecule has 5 heteroatoms. The maximum atomic E-state index is 5.47. The first kappa shape index (κ1) is 20.1. The molecule has 4 nitrogen and oxygen atoms in total. The topological polar surface area (TPSA) is 53.7 Å². The molecule has 0 aliphatic carbocycles. The molecule has 0 rings (SSSR count). The highest BCUT2D eigenvalue weighted by Crippen LogP contribution is 2.18. The molecule has 0 fully saturated rings. The first-order chi connectivity index (χ1) is 9.74. The average molecular weight is 306 g/mol. The largest absolute Gasteiger partial charge is 0.500 e. The maximum absolute atomic E-state index is 5.47. The van der Waals surface area contributed by atoms with Crippen molar-refractivity contribution in [2.75, 3.05) is 27.9 Å². The van der Waals surface area contributed by atoms with Crippen molar-refractivity contribution in [3.8, 4) is 0 Å². The molecule has 0 heterocycles. The first-order valence-electron chi connectivity index (χ1n) is 8.10. The third kappa shape index (κ3) is 9.88. The number of rotatable bonds is 15. The van der Waals surface area contributed by atoms with Crippen LogP contribution < -0.4 is 5.73 Å². The molecule has 0 saturated heterocycles. The molecule has 0 aliphatic rings. The lowest BCUT2D eigenvalue weighted by molar-refractivity contribution is 0.122. The Kier molecular flexibility index (Phi) is 14.1. The van der Waals surface area contributed by atoms with E-state index in [1.807, 2.05) is 0 Å². The fraction of sp³-hybridized carbons (Fsp3) is 1.00. The van der Waals surface area contributed by atoms with Gasteiger partial charge in [0.2, 0.25) is 0 Å². The zero-order valence-electron chi connectivity index (χ0n) is 13.8. The molecule has 20 heavy (non-hydrogen) atoms. The van der Waals surface area contributed by atoms with Crippen LogP contribution in [-0.4, -0.2) is 36.7 Å². The van der Waals surface area contributed by atoms with Crippen LogP contribution in [0.2, 0.25) is 6.04 Å². The Labute approximate surface area is 126 Å². The summed E-state index contributed by atoms with van der Waals surface area (Å²) in [6.45, 7) is 0.842. The lowest BCUT2D eigenvalue weighted by Gasteiger charge is -2.24. The Hall–Kier alpha value is 0.0569.